The van der Waals surface area contributed by atoms with Crippen LogP contribution >= 0.6 is 0 Å². The Labute approximate surface area is 244 Å². The van der Waals surface area contributed by atoms with Crippen molar-refractivity contribution in [1.29, 1.82) is 0 Å². The number of esters is 4. The van der Waals surface area contributed by atoms with Crippen molar-refractivity contribution < 1.29 is 66.5 Å². The van der Waals surface area contributed by atoms with E-state index in [1.807, 2.05) is 13.8 Å². The van der Waals surface area contributed by atoms with Gasteiger partial charge in [-0.15, -0.1) is 0 Å². The molecule has 0 unspecified atom stereocenters. The van der Waals surface area contributed by atoms with Gasteiger partial charge in [0.2, 0.25) is 0 Å². The summed E-state index contributed by atoms with van der Waals surface area (Å²) in [6.07, 6.45) is -7.20. The van der Waals surface area contributed by atoms with E-state index in [4.69, 9.17) is 47.4 Å². The monoisotopic (exact) mass is 654 g/mol. The fraction of sp³-hybridized carbons (Fsp3) is 0.846. The van der Waals surface area contributed by atoms with Crippen LogP contribution in [0.2, 0.25) is 5.32 Å². The predicted molar refractivity (Wildman–Crippen MR) is 135 cm³/mol. The molecule has 0 amide bonds. The third kappa shape index (κ3) is 7.76. The SMILES string of the molecule is CC(=O)OC[C@H]1O[C@@H]([Se]C[C@H]2O[C@@H]3OC(C)(C)O[C@@H]3[C@H]3OC(C)(C)O[C@H]32)[C@H](OC(C)=O)[C@@H](OC(C)=O)[C@@H]1OC(C)=O. The fourth-order valence-corrected chi connectivity index (χ4v) is 8.00. The standard InChI is InChI=1S/C26H38O14Se/c1-11(27)31-9-15-17(32-12(2)28)19(33-13(3)29)22(34-14(4)30)24(36-15)41-10-16-18-20(38-25(5,6)37-18)21-23(35-16)40-26(7,8)39-21/h15-24H,9-10H2,1-8H3/t15-,16-,17-,18+,19+,20+,21-,22-,23-,24+/m1/s1. The topological polar surface area (TPSA) is 161 Å². The molecule has 0 bridgehead atoms. The molecule has 4 fully saturated rings. The number of fused-ring (bicyclic) bond motifs is 3. The van der Waals surface area contributed by atoms with Gasteiger partial charge in [-0.1, -0.05) is 0 Å². The van der Waals surface area contributed by atoms with Gasteiger partial charge in [0.1, 0.15) is 0 Å². The van der Waals surface area contributed by atoms with E-state index >= 15 is 0 Å². The zero-order valence-electron chi connectivity index (χ0n) is 24.3. The maximum atomic E-state index is 12.1. The minimum atomic E-state index is -1.22. The van der Waals surface area contributed by atoms with E-state index in [2.05, 4.69) is 0 Å². The van der Waals surface area contributed by atoms with E-state index in [9.17, 15) is 19.2 Å². The Kier molecular flexibility index (Phi) is 9.71. The van der Waals surface area contributed by atoms with Gasteiger partial charge in [-0.05, 0) is 0 Å². The summed E-state index contributed by atoms with van der Waals surface area (Å²) < 4.78 is 58.7. The summed E-state index contributed by atoms with van der Waals surface area (Å²) in [5, 5.41) is -0.427. The van der Waals surface area contributed by atoms with E-state index in [0.29, 0.717) is 5.32 Å². The van der Waals surface area contributed by atoms with Crippen molar-refractivity contribution in [2.75, 3.05) is 6.61 Å². The Bertz CT molecular complexity index is 1020. The normalized spacial score (nSPS) is 38.7. The molecular formula is C26H38O14Se. The first-order chi connectivity index (χ1) is 19.0. The van der Waals surface area contributed by atoms with Crippen LogP contribution in [0, 0.1) is 0 Å². The van der Waals surface area contributed by atoms with E-state index in [0.717, 1.165) is 0 Å². The van der Waals surface area contributed by atoms with Gasteiger partial charge in [-0.3, -0.25) is 0 Å². The van der Waals surface area contributed by atoms with Gasteiger partial charge in [-0.25, -0.2) is 0 Å². The van der Waals surface area contributed by atoms with Crippen molar-refractivity contribution in [3.05, 3.63) is 0 Å². The molecule has 14 nitrogen and oxygen atoms in total. The number of carbonyl (C=O) groups is 4. The van der Waals surface area contributed by atoms with E-state index in [-0.39, 0.29) is 6.61 Å². The maximum absolute atomic E-state index is 12.1. The first-order valence-electron chi connectivity index (χ1n) is 13.3. The Morgan fingerprint density at radius 3 is 1.78 bits per heavy atom. The van der Waals surface area contributed by atoms with Gasteiger partial charge in [0.15, 0.2) is 0 Å². The molecule has 0 spiro atoms. The Balaban J connectivity index is 1.59. The van der Waals surface area contributed by atoms with Gasteiger partial charge < -0.3 is 0 Å². The fourth-order valence-electron chi connectivity index (χ4n) is 5.34. The Morgan fingerprint density at radius 1 is 0.634 bits per heavy atom. The van der Waals surface area contributed by atoms with Crippen LogP contribution in [0.3, 0.4) is 0 Å². The number of hydrogen-bond acceptors (Lipinski definition) is 14. The second kappa shape index (κ2) is 12.4. The molecule has 41 heavy (non-hydrogen) atoms. The van der Waals surface area contributed by atoms with Crippen LogP contribution in [0.5, 0.6) is 0 Å². The summed E-state index contributed by atoms with van der Waals surface area (Å²) in [6, 6.07) is 0. The average molecular weight is 654 g/mol. The molecule has 4 aliphatic heterocycles. The Morgan fingerprint density at radius 2 is 1.17 bits per heavy atom. The van der Waals surface area contributed by atoms with Crippen molar-refractivity contribution in [2.45, 2.75) is 132 Å². The quantitative estimate of drug-likeness (QED) is 0.203. The van der Waals surface area contributed by atoms with Crippen molar-refractivity contribution in [1.82, 2.24) is 0 Å². The number of hydrogen-bond donors (Lipinski definition) is 0. The molecule has 0 aromatic rings. The zero-order chi connectivity index (χ0) is 30.3. The minimum absolute atomic E-state index is 0.288. The second-order valence-corrected chi connectivity index (χ2v) is 13.5. The van der Waals surface area contributed by atoms with Crippen molar-refractivity contribution >= 4 is 38.8 Å². The van der Waals surface area contributed by atoms with Crippen LogP contribution < -0.4 is 0 Å². The summed E-state index contributed by atoms with van der Waals surface area (Å²) in [4.78, 5) is 47.8. The summed E-state index contributed by atoms with van der Waals surface area (Å²) >= 11 is -0.513. The third-order valence-corrected chi connectivity index (χ3v) is 9.20. The molecular weight excluding hydrogens is 615 g/mol. The molecule has 15 heteroatoms. The van der Waals surface area contributed by atoms with Crippen LogP contribution in [-0.2, 0) is 66.5 Å². The predicted octanol–water partition coefficient (Wildman–Crippen LogP) is 0.589. The number of rotatable bonds is 8. The number of ether oxygens (including phenoxy) is 10. The summed E-state index contributed by atoms with van der Waals surface area (Å²) in [5.74, 6) is -4.37. The number of carbonyl (C=O) groups excluding carboxylic acids is 4. The molecule has 0 N–H and O–H groups in total. The van der Waals surface area contributed by atoms with Gasteiger partial charge in [-0.2, -0.15) is 0 Å². The molecule has 0 radical (unpaired) electrons. The van der Waals surface area contributed by atoms with E-state index in [1.165, 1.54) is 27.7 Å². The van der Waals surface area contributed by atoms with Gasteiger partial charge in [0, 0.05) is 0 Å². The molecule has 0 aromatic heterocycles. The second-order valence-electron chi connectivity index (χ2n) is 11.1. The molecule has 4 saturated heterocycles. The third-order valence-electron chi connectivity index (χ3n) is 6.62. The molecule has 10 atom stereocenters. The zero-order valence-corrected chi connectivity index (χ0v) is 26.0. The molecule has 4 heterocycles. The van der Waals surface area contributed by atoms with Crippen molar-refractivity contribution in [2.24, 2.45) is 0 Å². The molecule has 232 valence electrons. The van der Waals surface area contributed by atoms with Gasteiger partial charge in [0.25, 0.3) is 0 Å². The first-order valence-corrected chi connectivity index (χ1v) is 15.5. The molecule has 4 aliphatic rings. The molecule has 4 rings (SSSR count). The average Bonchev–Trinajstić information content (AvgIpc) is 3.32. The van der Waals surface area contributed by atoms with E-state index < -0.39 is 111 Å². The molecule has 0 aliphatic carbocycles. The van der Waals surface area contributed by atoms with Crippen LogP contribution in [-0.4, -0.2) is 117 Å². The van der Waals surface area contributed by atoms with Crippen LogP contribution in [0.15, 0.2) is 0 Å². The Hall–Kier alpha value is -1.84. The summed E-state index contributed by atoms with van der Waals surface area (Å²) in [5.41, 5.74) is 0. The van der Waals surface area contributed by atoms with Crippen molar-refractivity contribution in [3.8, 4) is 0 Å². The van der Waals surface area contributed by atoms with Gasteiger partial charge in [0.05, 0.1) is 0 Å². The van der Waals surface area contributed by atoms with Crippen LogP contribution in [0.25, 0.3) is 0 Å². The summed E-state index contributed by atoms with van der Waals surface area (Å²) in [6.45, 7) is 11.7. The molecule has 0 aromatic carbocycles. The van der Waals surface area contributed by atoms with Crippen molar-refractivity contribution in [3.63, 3.8) is 0 Å². The van der Waals surface area contributed by atoms with Gasteiger partial charge >= 0.3 is 244 Å². The van der Waals surface area contributed by atoms with E-state index in [1.54, 1.807) is 13.8 Å². The van der Waals surface area contributed by atoms with Crippen LogP contribution in [0.4, 0.5) is 0 Å². The first kappa shape index (κ1) is 32.1. The summed E-state index contributed by atoms with van der Waals surface area (Å²) in [7, 11) is 0. The van der Waals surface area contributed by atoms with Crippen LogP contribution in [0.1, 0.15) is 55.4 Å². The molecule has 0 saturated carbocycles.